The highest BCUT2D eigenvalue weighted by Crippen LogP contribution is 2.39. The molecule has 0 bridgehead atoms. The van der Waals surface area contributed by atoms with Crippen LogP contribution >= 0.6 is 34.8 Å². The Morgan fingerprint density at radius 3 is 2.18 bits per heavy atom. The molecule has 0 aliphatic heterocycles. The molecule has 1 heterocycles. The van der Waals surface area contributed by atoms with Crippen molar-refractivity contribution in [2.24, 2.45) is 5.14 Å². The number of nitrogens with two attached hydrogens (primary N) is 1. The van der Waals surface area contributed by atoms with Gasteiger partial charge in [-0.05, 0) is 30.3 Å². The first kappa shape index (κ1) is 20.9. The molecule has 0 radical (unpaired) electrons. The summed E-state index contributed by atoms with van der Waals surface area (Å²) in [5.74, 6) is 0. The second kappa shape index (κ2) is 7.23. The number of benzene rings is 2. The molecule has 0 atom stereocenters. The summed E-state index contributed by atoms with van der Waals surface area (Å²) in [6.07, 6.45) is -4.79. The molecule has 3 rings (SSSR count). The molecule has 28 heavy (non-hydrogen) atoms. The van der Waals surface area contributed by atoms with E-state index in [9.17, 15) is 21.6 Å². The monoisotopic (exact) mass is 469 g/mol. The van der Waals surface area contributed by atoms with Gasteiger partial charge in [0, 0.05) is 5.56 Å². The zero-order valence-corrected chi connectivity index (χ0v) is 16.6. The molecule has 0 unspecified atom stereocenters. The lowest BCUT2D eigenvalue weighted by Crippen LogP contribution is -2.16. The maximum Gasteiger partial charge on any atom is 0.435 e. The van der Waals surface area contributed by atoms with E-state index >= 15 is 0 Å². The second-order valence-corrected chi connectivity index (χ2v) is 8.33. The molecule has 0 saturated carbocycles. The van der Waals surface area contributed by atoms with Crippen LogP contribution in [0.3, 0.4) is 0 Å². The summed E-state index contributed by atoms with van der Waals surface area (Å²) >= 11 is 18.0. The van der Waals surface area contributed by atoms with Crippen molar-refractivity contribution < 1.29 is 21.6 Å². The lowest BCUT2D eigenvalue weighted by molar-refractivity contribution is -0.141. The molecule has 3 aromatic rings. The quantitative estimate of drug-likeness (QED) is 0.537. The Hall–Kier alpha value is -1.78. The number of hydrogen-bond acceptors (Lipinski definition) is 3. The molecule has 0 fully saturated rings. The maximum atomic E-state index is 13.3. The predicted octanol–water partition coefficient (Wildman–Crippen LogP) is 5.17. The van der Waals surface area contributed by atoms with Crippen LogP contribution in [-0.2, 0) is 16.2 Å². The van der Waals surface area contributed by atoms with Gasteiger partial charge >= 0.3 is 6.18 Å². The van der Waals surface area contributed by atoms with Gasteiger partial charge in [0.1, 0.15) is 4.90 Å². The third kappa shape index (κ3) is 3.99. The van der Waals surface area contributed by atoms with E-state index < -0.39 is 26.8 Å². The second-order valence-electron chi connectivity index (χ2n) is 5.58. The van der Waals surface area contributed by atoms with Crippen LogP contribution in [0.25, 0.3) is 16.9 Å². The molecule has 1 aromatic heterocycles. The number of aromatic nitrogens is 2. The van der Waals surface area contributed by atoms with Crippen LogP contribution in [0, 0.1) is 0 Å². The van der Waals surface area contributed by atoms with Gasteiger partial charge in [0.05, 0.1) is 26.4 Å². The van der Waals surface area contributed by atoms with E-state index in [-0.39, 0.29) is 32.0 Å². The summed E-state index contributed by atoms with van der Waals surface area (Å²) in [5.41, 5.74) is -1.51. The Labute approximate surface area is 172 Å². The van der Waals surface area contributed by atoms with Crippen molar-refractivity contribution in [1.82, 2.24) is 9.78 Å². The minimum Gasteiger partial charge on any atom is -0.231 e. The number of alkyl halides is 3. The average Bonchev–Trinajstić information content (AvgIpc) is 3.02. The van der Waals surface area contributed by atoms with Gasteiger partial charge in [-0.2, -0.15) is 18.3 Å². The summed E-state index contributed by atoms with van der Waals surface area (Å²) in [7, 11) is -4.25. The predicted molar refractivity (Wildman–Crippen MR) is 100 cm³/mol. The van der Waals surface area contributed by atoms with Crippen LogP contribution < -0.4 is 5.14 Å². The summed E-state index contributed by atoms with van der Waals surface area (Å²) in [6.45, 7) is 0. The van der Waals surface area contributed by atoms with Crippen LogP contribution in [0.15, 0.2) is 47.4 Å². The van der Waals surface area contributed by atoms with E-state index in [2.05, 4.69) is 5.10 Å². The van der Waals surface area contributed by atoms with Crippen LogP contribution in [-0.4, -0.2) is 18.2 Å². The van der Waals surface area contributed by atoms with Crippen molar-refractivity contribution in [2.45, 2.75) is 11.1 Å². The number of nitrogens with zero attached hydrogens (tertiary/aromatic N) is 2. The van der Waals surface area contributed by atoms with Crippen LogP contribution in [0.1, 0.15) is 5.69 Å². The first-order valence-electron chi connectivity index (χ1n) is 7.34. The third-order valence-corrected chi connectivity index (χ3v) is 5.68. The normalized spacial score (nSPS) is 12.4. The number of rotatable bonds is 3. The van der Waals surface area contributed by atoms with Gasteiger partial charge in [0.25, 0.3) is 0 Å². The molecular formula is C16H9Cl3F3N3O2S. The third-order valence-electron chi connectivity index (χ3n) is 3.69. The SMILES string of the molecule is NS(=O)(=O)c1ccccc1-n1nc(C(F)(F)F)cc1-c1cc(Cl)c(Cl)cc1Cl. The van der Waals surface area contributed by atoms with Crippen LogP contribution in [0.4, 0.5) is 13.2 Å². The number of para-hydroxylation sites is 1. The first-order valence-corrected chi connectivity index (χ1v) is 10.0. The zero-order valence-electron chi connectivity index (χ0n) is 13.5. The maximum absolute atomic E-state index is 13.3. The Kier molecular flexibility index (Phi) is 5.41. The molecule has 0 aliphatic rings. The fourth-order valence-corrected chi connectivity index (χ4v) is 3.84. The van der Waals surface area contributed by atoms with Gasteiger partial charge < -0.3 is 0 Å². The van der Waals surface area contributed by atoms with Crippen molar-refractivity contribution in [3.8, 4) is 16.9 Å². The van der Waals surface area contributed by atoms with Gasteiger partial charge in [-0.25, -0.2) is 18.2 Å². The minimum atomic E-state index is -4.79. The van der Waals surface area contributed by atoms with Gasteiger partial charge in [-0.15, -0.1) is 0 Å². The van der Waals surface area contributed by atoms with Crippen molar-refractivity contribution in [1.29, 1.82) is 0 Å². The van der Waals surface area contributed by atoms with E-state index in [4.69, 9.17) is 39.9 Å². The molecular weight excluding hydrogens is 462 g/mol. The Morgan fingerprint density at radius 2 is 1.57 bits per heavy atom. The smallest absolute Gasteiger partial charge is 0.231 e. The van der Waals surface area contributed by atoms with Crippen LogP contribution in [0.2, 0.25) is 15.1 Å². The van der Waals surface area contributed by atoms with E-state index in [1.807, 2.05) is 0 Å². The Balaban J connectivity index is 2.39. The van der Waals surface area contributed by atoms with Gasteiger partial charge in [-0.3, -0.25) is 0 Å². The summed E-state index contributed by atoms with van der Waals surface area (Å²) in [6, 6.07) is 8.48. The van der Waals surface area contributed by atoms with E-state index in [0.29, 0.717) is 0 Å². The largest absolute Gasteiger partial charge is 0.435 e. The number of sulfonamides is 1. The van der Waals surface area contributed by atoms with E-state index in [0.717, 1.165) is 16.8 Å². The van der Waals surface area contributed by atoms with Gasteiger partial charge in [0.15, 0.2) is 5.69 Å². The molecule has 0 spiro atoms. The summed E-state index contributed by atoms with van der Waals surface area (Å²) in [4.78, 5) is -0.413. The minimum absolute atomic E-state index is 0.00244. The number of hydrogen-bond donors (Lipinski definition) is 1. The van der Waals surface area contributed by atoms with E-state index in [1.54, 1.807) is 0 Å². The highest BCUT2D eigenvalue weighted by molar-refractivity contribution is 7.89. The molecule has 148 valence electrons. The molecule has 0 aliphatic carbocycles. The Bertz CT molecular complexity index is 1180. The molecule has 2 aromatic carbocycles. The average molecular weight is 471 g/mol. The number of primary sulfonamides is 1. The molecule has 12 heteroatoms. The Morgan fingerprint density at radius 1 is 0.964 bits per heavy atom. The highest BCUT2D eigenvalue weighted by Gasteiger charge is 2.36. The lowest BCUT2D eigenvalue weighted by Gasteiger charge is -2.13. The first-order chi connectivity index (χ1) is 12.9. The molecule has 0 amide bonds. The van der Waals surface area contributed by atoms with Gasteiger partial charge in [-0.1, -0.05) is 46.9 Å². The van der Waals surface area contributed by atoms with Crippen molar-refractivity contribution in [2.75, 3.05) is 0 Å². The van der Waals surface area contributed by atoms with Crippen molar-refractivity contribution in [3.63, 3.8) is 0 Å². The zero-order chi connectivity index (χ0) is 20.9. The lowest BCUT2D eigenvalue weighted by atomic mass is 10.1. The highest BCUT2D eigenvalue weighted by atomic mass is 35.5. The standard InChI is InChI=1S/C16H9Cl3F3N3O2S/c17-9-6-11(19)10(18)5-8(9)13-7-15(16(20,21)22)24-25(13)12-3-1-2-4-14(12)28(23,26)27/h1-7H,(H2,23,26,27). The van der Waals surface area contributed by atoms with E-state index in [1.165, 1.54) is 30.3 Å². The fraction of sp³-hybridized carbons (Fsp3) is 0.0625. The number of halogens is 6. The molecule has 5 nitrogen and oxygen atoms in total. The van der Waals surface area contributed by atoms with Crippen molar-refractivity contribution in [3.05, 3.63) is 63.2 Å². The topological polar surface area (TPSA) is 78.0 Å². The molecule has 2 N–H and O–H groups in total. The van der Waals surface area contributed by atoms with Crippen LogP contribution in [0.5, 0.6) is 0 Å². The molecule has 0 saturated heterocycles. The summed E-state index contributed by atoms with van der Waals surface area (Å²) in [5, 5.41) is 8.87. The summed E-state index contributed by atoms with van der Waals surface area (Å²) < 4.78 is 64.5. The van der Waals surface area contributed by atoms with Crippen molar-refractivity contribution >= 4 is 44.8 Å². The van der Waals surface area contributed by atoms with Gasteiger partial charge in [0.2, 0.25) is 10.0 Å². The fourth-order valence-electron chi connectivity index (χ4n) is 2.49.